The van der Waals surface area contributed by atoms with Crippen LogP contribution in [0.4, 0.5) is 0 Å². The van der Waals surface area contributed by atoms with E-state index < -0.39 is 0 Å². The van der Waals surface area contributed by atoms with E-state index in [4.69, 9.17) is 9.84 Å². The molecule has 0 bridgehead atoms. The van der Waals surface area contributed by atoms with Crippen LogP contribution in [0.2, 0.25) is 0 Å². The summed E-state index contributed by atoms with van der Waals surface area (Å²) >= 11 is 1.61. The van der Waals surface area contributed by atoms with Crippen molar-refractivity contribution in [3.05, 3.63) is 46.4 Å². The minimum absolute atomic E-state index is 0.209. The van der Waals surface area contributed by atoms with E-state index in [0.29, 0.717) is 6.61 Å². The summed E-state index contributed by atoms with van der Waals surface area (Å²) in [5.74, 6) is 1.13. The number of rotatable bonds is 8. The van der Waals surface area contributed by atoms with Gasteiger partial charge in [-0.2, -0.15) is 0 Å². The van der Waals surface area contributed by atoms with E-state index in [9.17, 15) is 0 Å². The van der Waals surface area contributed by atoms with Gasteiger partial charge in [-0.3, -0.25) is 0 Å². The van der Waals surface area contributed by atoms with Crippen molar-refractivity contribution in [3.8, 4) is 5.75 Å². The number of hydrogen-bond donors (Lipinski definition) is 2. The van der Waals surface area contributed by atoms with E-state index in [2.05, 4.69) is 10.3 Å². The highest BCUT2D eigenvalue weighted by Gasteiger charge is 2.04. The van der Waals surface area contributed by atoms with Crippen molar-refractivity contribution in [1.82, 2.24) is 10.3 Å². The molecule has 0 aliphatic rings. The van der Waals surface area contributed by atoms with Gasteiger partial charge in [0, 0.05) is 25.1 Å². The molecule has 0 radical (unpaired) electrons. The number of ether oxygens (including phenoxy) is 1. The van der Waals surface area contributed by atoms with Crippen LogP contribution in [0.1, 0.15) is 17.6 Å². The first-order chi connectivity index (χ1) is 9.78. The SMILES string of the molecule is CC(CO)CNCc1csc(COc2ccccc2)n1. The Morgan fingerprint density at radius 1 is 1.35 bits per heavy atom. The molecule has 2 N–H and O–H groups in total. The van der Waals surface area contributed by atoms with Gasteiger partial charge in [0.2, 0.25) is 0 Å². The normalized spacial score (nSPS) is 12.3. The Hall–Kier alpha value is -1.43. The summed E-state index contributed by atoms with van der Waals surface area (Å²) in [5.41, 5.74) is 1.02. The van der Waals surface area contributed by atoms with Gasteiger partial charge in [-0.05, 0) is 18.1 Å². The second-order valence-corrected chi connectivity index (χ2v) is 5.70. The molecule has 108 valence electrons. The largest absolute Gasteiger partial charge is 0.486 e. The molecule has 0 amide bonds. The van der Waals surface area contributed by atoms with Crippen molar-refractivity contribution >= 4 is 11.3 Å². The Labute approximate surface area is 123 Å². The molecule has 5 heteroatoms. The van der Waals surface area contributed by atoms with E-state index in [1.807, 2.05) is 42.6 Å². The number of aromatic nitrogens is 1. The minimum Gasteiger partial charge on any atom is -0.486 e. The van der Waals surface area contributed by atoms with Crippen LogP contribution in [0.15, 0.2) is 35.7 Å². The number of nitrogens with one attached hydrogen (secondary N) is 1. The lowest BCUT2D eigenvalue weighted by molar-refractivity contribution is 0.233. The first kappa shape index (κ1) is 15.0. The van der Waals surface area contributed by atoms with Crippen molar-refractivity contribution in [2.24, 2.45) is 5.92 Å². The smallest absolute Gasteiger partial charge is 0.140 e. The van der Waals surface area contributed by atoms with E-state index in [0.717, 1.165) is 29.5 Å². The molecule has 0 saturated carbocycles. The number of hydrogen-bond acceptors (Lipinski definition) is 5. The van der Waals surface area contributed by atoms with Crippen molar-refractivity contribution in [2.75, 3.05) is 13.2 Å². The Balaban J connectivity index is 1.75. The van der Waals surface area contributed by atoms with Crippen molar-refractivity contribution in [2.45, 2.75) is 20.1 Å². The van der Waals surface area contributed by atoms with E-state index in [1.54, 1.807) is 11.3 Å². The predicted octanol–water partition coefficient (Wildman–Crippen LogP) is 2.44. The summed E-state index contributed by atoms with van der Waals surface area (Å²) in [6.07, 6.45) is 0. The van der Waals surface area contributed by atoms with Gasteiger partial charge in [-0.1, -0.05) is 25.1 Å². The molecule has 2 aromatic rings. The summed E-state index contributed by atoms with van der Waals surface area (Å²) in [4.78, 5) is 4.52. The predicted molar refractivity (Wildman–Crippen MR) is 80.8 cm³/mol. The fourth-order valence-electron chi connectivity index (χ4n) is 1.67. The van der Waals surface area contributed by atoms with Crippen LogP contribution >= 0.6 is 11.3 Å². The second kappa shape index (κ2) is 7.99. The number of aliphatic hydroxyl groups excluding tert-OH is 1. The Morgan fingerprint density at radius 3 is 2.90 bits per heavy atom. The van der Waals surface area contributed by atoms with Crippen LogP contribution in [0, 0.1) is 5.92 Å². The molecule has 1 unspecified atom stereocenters. The molecule has 0 aliphatic heterocycles. The van der Waals surface area contributed by atoms with Crippen LogP contribution in [0.3, 0.4) is 0 Å². The Morgan fingerprint density at radius 2 is 2.15 bits per heavy atom. The molecular formula is C15H20N2O2S. The molecule has 20 heavy (non-hydrogen) atoms. The average molecular weight is 292 g/mol. The quantitative estimate of drug-likeness (QED) is 0.784. The molecule has 1 aromatic carbocycles. The van der Waals surface area contributed by atoms with Crippen LogP contribution < -0.4 is 10.1 Å². The number of para-hydroxylation sites is 1. The molecule has 4 nitrogen and oxygen atoms in total. The molecule has 1 atom stereocenters. The van der Waals surface area contributed by atoms with E-state index >= 15 is 0 Å². The van der Waals surface area contributed by atoms with E-state index in [1.165, 1.54) is 0 Å². The lowest BCUT2D eigenvalue weighted by Gasteiger charge is -2.07. The van der Waals surface area contributed by atoms with Gasteiger partial charge in [0.25, 0.3) is 0 Å². The third-order valence-corrected chi connectivity index (χ3v) is 3.69. The maximum absolute atomic E-state index is 8.94. The number of aliphatic hydroxyl groups is 1. The maximum atomic E-state index is 8.94. The third-order valence-electron chi connectivity index (χ3n) is 2.82. The monoisotopic (exact) mass is 292 g/mol. The van der Waals surface area contributed by atoms with Gasteiger partial charge in [-0.15, -0.1) is 11.3 Å². The molecule has 1 heterocycles. The standard InChI is InChI=1S/C15H20N2O2S/c1-12(9-18)7-16-8-13-11-20-15(17-13)10-19-14-5-3-2-4-6-14/h2-6,11-12,16,18H,7-10H2,1H3. The molecule has 1 aromatic heterocycles. The summed E-state index contributed by atoms with van der Waals surface area (Å²) in [6, 6.07) is 9.75. The lowest BCUT2D eigenvalue weighted by Crippen LogP contribution is -2.22. The topological polar surface area (TPSA) is 54.4 Å². The van der Waals surface area contributed by atoms with Crippen molar-refractivity contribution in [1.29, 1.82) is 0 Å². The summed E-state index contributed by atoms with van der Waals surface area (Å²) in [6.45, 7) is 4.24. The Kier molecular flexibility index (Phi) is 5.98. The first-order valence-corrected chi connectivity index (χ1v) is 7.58. The maximum Gasteiger partial charge on any atom is 0.140 e. The van der Waals surface area contributed by atoms with Gasteiger partial charge in [0.05, 0.1) is 5.69 Å². The number of nitrogens with zero attached hydrogens (tertiary/aromatic N) is 1. The molecule has 0 aliphatic carbocycles. The van der Waals surface area contributed by atoms with Gasteiger partial charge in [-0.25, -0.2) is 4.98 Å². The fraction of sp³-hybridized carbons (Fsp3) is 0.400. The van der Waals surface area contributed by atoms with Gasteiger partial charge in [0.15, 0.2) is 0 Å². The van der Waals surface area contributed by atoms with Gasteiger partial charge in [0.1, 0.15) is 17.4 Å². The van der Waals surface area contributed by atoms with Crippen molar-refractivity contribution < 1.29 is 9.84 Å². The Bertz CT molecular complexity index is 502. The second-order valence-electron chi connectivity index (χ2n) is 4.75. The van der Waals surface area contributed by atoms with E-state index in [-0.39, 0.29) is 12.5 Å². The molecule has 0 fully saturated rings. The highest BCUT2D eigenvalue weighted by molar-refractivity contribution is 7.09. The lowest BCUT2D eigenvalue weighted by atomic mass is 10.2. The zero-order valence-corrected chi connectivity index (χ0v) is 12.4. The summed E-state index contributed by atoms with van der Waals surface area (Å²) < 4.78 is 5.66. The van der Waals surface area contributed by atoms with Gasteiger partial charge < -0.3 is 15.2 Å². The van der Waals surface area contributed by atoms with Crippen LogP contribution in [0.25, 0.3) is 0 Å². The third kappa shape index (κ3) is 4.92. The van der Waals surface area contributed by atoms with Crippen LogP contribution in [-0.4, -0.2) is 23.2 Å². The van der Waals surface area contributed by atoms with Crippen LogP contribution in [0.5, 0.6) is 5.75 Å². The summed E-state index contributed by atoms with van der Waals surface area (Å²) in [5, 5.41) is 15.2. The highest BCUT2D eigenvalue weighted by atomic mass is 32.1. The molecule has 0 saturated heterocycles. The minimum atomic E-state index is 0.209. The van der Waals surface area contributed by atoms with Crippen LogP contribution in [-0.2, 0) is 13.2 Å². The summed E-state index contributed by atoms with van der Waals surface area (Å²) in [7, 11) is 0. The number of thiazole rings is 1. The molecular weight excluding hydrogens is 272 g/mol. The first-order valence-electron chi connectivity index (χ1n) is 6.70. The zero-order valence-electron chi connectivity index (χ0n) is 11.6. The number of benzene rings is 1. The highest BCUT2D eigenvalue weighted by Crippen LogP contribution is 2.14. The van der Waals surface area contributed by atoms with Gasteiger partial charge >= 0.3 is 0 Å². The molecule has 0 spiro atoms. The zero-order chi connectivity index (χ0) is 14.2. The molecule has 2 rings (SSSR count). The fourth-order valence-corrected chi connectivity index (χ4v) is 2.37. The average Bonchev–Trinajstić information content (AvgIpc) is 2.94. The van der Waals surface area contributed by atoms with Crippen molar-refractivity contribution in [3.63, 3.8) is 0 Å².